The molecule has 3 heterocycles. The third-order valence-corrected chi connectivity index (χ3v) is 9.45. The maximum atomic E-state index is 13.5. The first kappa shape index (κ1) is 20.0. The second kappa shape index (κ2) is 6.44. The molecule has 0 aromatic carbocycles. The minimum atomic E-state index is -0.574. The molecule has 3 saturated carbocycles. The molecule has 3 aliphatic heterocycles. The van der Waals surface area contributed by atoms with Crippen LogP contribution in [0.5, 0.6) is 0 Å². The average Bonchev–Trinajstić information content (AvgIpc) is 3.37. The van der Waals surface area contributed by atoms with E-state index in [0.29, 0.717) is 12.3 Å². The Kier molecular flexibility index (Phi) is 4.15. The molecule has 8 heteroatoms. The Hall–Kier alpha value is -1.67. The quantitative estimate of drug-likeness (QED) is 0.352. The number of carbonyl (C=O) groups excluding carboxylic acids is 3. The number of nitrogens with one attached hydrogen (secondary N) is 2. The lowest BCUT2D eigenvalue weighted by atomic mass is 9.78. The van der Waals surface area contributed by atoms with Gasteiger partial charge in [-0.25, -0.2) is 0 Å². The Balaban J connectivity index is 1.21. The molecular weight excluding hydrogens is 400 g/mol. The summed E-state index contributed by atoms with van der Waals surface area (Å²) in [6.45, 7) is 6.07. The van der Waals surface area contributed by atoms with Crippen molar-refractivity contribution >= 4 is 17.9 Å². The molecule has 0 spiro atoms. The molecule has 0 aromatic heterocycles. The molecule has 0 amide bonds. The summed E-state index contributed by atoms with van der Waals surface area (Å²) in [5, 5.41) is 6.41. The predicted octanol–water partition coefficient (Wildman–Crippen LogP) is 1.47. The van der Waals surface area contributed by atoms with Crippen molar-refractivity contribution in [3.05, 3.63) is 0 Å². The van der Waals surface area contributed by atoms with E-state index in [1.165, 1.54) is 0 Å². The van der Waals surface area contributed by atoms with Crippen LogP contribution in [0.25, 0.3) is 0 Å². The molecule has 9 unspecified atom stereocenters. The van der Waals surface area contributed by atoms with Gasteiger partial charge in [0.25, 0.3) is 0 Å². The van der Waals surface area contributed by atoms with Crippen molar-refractivity contribution in [2.45, 2.75) is 88.9 Å². The van der Waals surface area contributed by atoms with Crippen molar-refractivity contribution in [2.75, 3.05) is 0 Å². The van der Waals surface area contributed by atoms with Gasteiger partial charge in [0.2, 0.25) is 0 Å². The molecule has 0 aromatic rings. The van der Waals surface area contributed by atoms with Crippen LogP contribution in [0.1, 0.15) is 59.3 Å². The minimum absolute atomic E-state index is 0.0599. The summed E-state index contributed by atoms with van der Waals surface area (Å²) in [5.41, 5.74) is -0.743. The van der Waals surface area contributed by atoms with Crippen molar-refractivity contribution in [3.8, 4) is 0 Å². The zero-order valence-corrected chi connectivity index (χ0v) is 18.4. The van der Waals surface area contributed by atoms with Gasteiger partial charge in [-0.1, -0.05) is 13.8 Å². The molecule has 9 atom stereocenters. The maximum absolute atomic E-state index is 13.5. The van der Waals surface area contributed by atoms with Crippen LogP contribution < -0.4 is 10.6 Å². The summed E-state index contributed by atoms with van der Waals surface area (Å²) >= 11 is 0. The molecule has 8 nitrogen and oxygen atoms in total. The van der Waals surface area contributed by atoms with Crippen LogP contribution in [0.15, 0.2) is 0 Å². The SMILES string of the molecule is CCC1CCCC1(CC)OC(=O)C1C2CC3C(OC(=O)C31)C2OC(=O)C(C)C12NC1N2. The standard InChI is InChI=1S/C23H32N2O6/c1-4-11-7-6-8-22(11,5-2)31-20(28)15-13-9-12-14(15)19(27)30-17(12)16(13)29-18(26)10(3)23-21(24-23)25-23/h10-17,21,24-25H,4-9H2,1-3H3. The number of rotatable bonds is 7. The van der Waals surface area contributed by atoms with Gasteiger partial charge in [-0.05, 0) is 51.4 Å². The number of ether oxygens (including phenoxy) is 3. The lowest BCUT2D eigenvalue weighted by Gasteiger charge is -2.37. The second-order valence-corrected chi connectivity index (χ2v) is 10.6. The number of fused-ring (bicyclic) bond motifs is 2. The minimum Gasteiger partial charge on any atom is -0.459 e. The van der Waals surface area contributed by atoms with Crippen molar-refractivity contribution in [3.63, 3.8) is 0 Å². The summed E-state index contributed by atoms with van der Waals surface area (Å²) < 4.78 is 17.8. The van der Waals surface area contributed by atoms with Gasteiger partial charge < -0.3 is 14.2 Å². The highest BCUT2D eigenvalue weighted by molar-refractivity contribution is 5.86. The van der Waals surface area contributed by atoms with Gasteiger partial charge in [-0.3, -0.25) is 25.0 Å². The van der Waals surface area contributed by atoms with Gasteiger partial charge in [0.15, 0.2) is 0 Å². The van der Waals surface area contributed by atoms with Gasteiger partial charge in [-0.15, -0.1) is 0 Å². The van der Waals surface area contributed by atoms with E-state index < -0.39 is 29.6 Å². The summed E-state index contributed by atoms with van der Waals surface area (Å²) in [6, 6.07) is 0. The fourth-order valence-electron chi connectivity index (χ4n) is 7.42. The first-order valence-electron chi connectivity index (χ1n) is 12.0. The van der Waals surface area contributed by atoms with Crippen molar-refractivity contribution < 1.29 is 28.6 Å². The fourth-order valence-corrected chi connectivity index (χ4v) is 7.42. The summed E-state index contributed by atoms with van der Waals surface area (Å²) in [6.07, 6.45) is 4.68. The fraction of sp³-hybridized carbons (Fsp3) is 0.870. The van der Waals surface area contributed by atoms with Crippen LogP contribution >= 0.6 is 0 Å². The molecule has 2 N–H and O–H groups in total. The van der Waals surface area contributed by atoms with Crippen LogP contribution in [-0.4, -0.2) is 47.5 Å². The molecule has 2 bridgehead atoms. The Labute approximate surface area is 182 Å². The number of carbonyl (C=O) groups is 3. The summed E-state index contributed by atoms with van der Waals surface area (Å²) in [4.78, 5) is 39.0. The van der Waals surface area contributed by atoms with E-state index in [1.807, 2.05) is 6.92 Å². The van der Waals surface area contributed by atoms with Crippen LogP contribution in [0.4, 0.5) is 0 Å². The highest BCUT2D eigenvalue weighted by atomic mass is 16.6. The van der Waals surface area contributed by atoms with Crippen molar-refractivity contribution in [1.82, 2.24) is 10.6 Å². The van der Waals surface area contributed by atoms with E-state index in [1.54, 1.807) is 0 Å². The number of hydrogen-bond donors (Lipinski definition) is 2. The molecule has 3 aliphatic carbocycles. The lowest BCUT2D eigenvalue weighted by molar-refractivity contribution is -0.180. The molecule has 6 aliphatic rings. The lowest BCUT2D eigenvalue weighted by Crippen LogP contribution is -2.48. The third-order valence-electron chi connectivity index (χ3n) is 9.45. The normalized spacial score (nSPS) is 51.3. The van der Waals surface area contributed by atoms with Gasteiger partial charge in [0.1, 0.15) is 23.5 Å². The molecule has 170 valence electrons. The predicted molar refractivity (Wildman–Crippen MR) is 107 cm³/mol. The van der Waals surface area contributed by atoms with E-state index in [-0.39, 0.29) is 47.5 Å². The van der Waals surface area contributed by atoms with Gasteiger partial charge in [0, 0.05) is 11.8 Å². The Morgan fingerprint density at radius 2 is 2.00 bits per heavy atom. The Morgan fingerprint density at radius 3 is 2.65 bits per heavy atom. The zero-order chi connectivity index (χ0) is 21.7. The van der Waals surface area contributed by atoms with Crippen LogP contribution in [0.3, 0.4) is 0 Å². The van der Waals surface area contributed by atoms with Crippen LogP contribution in [-0.2, 0) is 28.6 Å². The summed E-state index contributed by atoms with van der Waals surface area (Å²) in [7, 11) is 0. The monoisotopic (exact) mass is 432 g/mol. The number of hydrogen-bond acceptors (Lipinski definition) is 8. The van der Waals surface area contributed by atoms with Gasteiger partial charge >= 0.3 is 17.9 Å². The third kappa shape index (κ3) is 2.58. The molecule has 6 fully saturated rings. The van der Waals surface area contributed by atoms with E-state index in [9.17, 15) is 14.4 Å². The molecule has 3 saturated heterocycles. The second-order valence-electron chi connectivity index (χ2n) is 10.6. The van der Waals surface area contributed by atoms with Crippen LogP contribution in [0, 0.1) is 35.5 Å². The topological polar surface area (TPSA) is 123 Å². The first-order chi connectivity index (χ1) is 14.8. The molecule has 0 radical (unpaired) electrons. The van der Waals surface area contributed by atoms with Crippen molar-refractivity contribution in [2.24, 2.45) is 35.5 Å². The van der Waals surface area contributed by atoms with E-state index in [0.717, 1.165) is 32.1 Å². The summed E-state index contributed by atoms with van der Waals surface area (Å²) in [5.74, 6) is -2.20. The van der Waals surface area contributed by atoms with E-state index in [4.69, 9.17) is 14.2 Å². The first-order valence-corrected chi connectivity index (χ1v) is 12.0. The Morgan fingerprint density at radius 1 is 1.26 bits per heavy atom. The Bertz CT molecular complexity index is 840. The average molecular weight is 433 g/mol. The zero-order valence-electron chi connectivity index (χ0n) is 18.4. The van der Waals surface area contributed by atoms with Gasteiger partial charge in [0.05, 0.1) is 23.9 Å². The van der Waals surface area contributed by atoms with Crippen LogP contribution in [0.2, 0.25) is 0 Å². The van der Waals surface area contributed by atoms with E-state index >= 15 is 0 Å². The molecular formula is C23H32N2O6. The van der Waals surface area contributed by atoms with E-state index in [2.05, 4.69) is 24.5 Å². The maximum Gasteiger partial charge on any atom is 0.312 e. The molecule has 6 rings (SSSR count). The molecule has 31 heavy (non-hydrogen) atoms. The largest absolute Gasteiger partial charge is 0.459 e. The smallest absolute Gasteiger partial charge is 0.312 e. The highest BCUT2D eigenvalue weighted by Crippen LogP contribution is 2.60. The number of esters is 3. The van der Waals surface area contributed by atoms with Gasteiger partial charge in [-0.2, -0.15) is 0 Å². The van der Waals surface area contributed by atoms with Crippen molar-refractivity contribution in [1.29, 1.82) is 0 Å². The highest BCUT2D eigenvalue weighted by Gasteiger charge is 2.75.